The Morgan fingerprint density at radius 2 is 1.86 bits per heavy atom. The van der Waals surface area contributed by atoms with Crippen LogP contribution in [0, 0.1) is 0 Å². The van der Waals surface area contributed by atoms with Crippen LogP contribution >= 0.6 is 0 Å². The quantitative estimate of drug-likeness (QED) is 0.645. The molecule has 0 aliphatic carbocycles. The van der Waals surface area contributed by atoms with Crippen molar-refractivity contribution in [2.45, 2.75) is 32.9 Å². The van der Waals surface area contributed by atoms with Crippen molar-refractivity contribution >= 4 is 27.0 Å². The lowest BCUT2D eigenvalue weighted by Gasteiger charge is -2.26. The molecule has 0 aliphatic rings. The minimum Gasteiger partial charge on any atom is -0.443 e. The summed E-state index contributed by atoms with van der Waals surface area (Å²) in [6, 6.07) is 11.9. The highest BCUT2D eigenvalue weighted by Gasteiger charge is 2.29. The highest BCUT2D eigenvalue weighted by atomic mass is 32.2. The molecule has 0 saturated carbocycles. The molecule has 0 spiro atoms. The summed E-state index contributed by atoms with van der Waals surface area (Å²) in [5, 5.41) is 1.10. The van der Waals surface area contributed by atoms with Gasteiger partial charge in [0.1, 0.15) is 5.60 Å². The topological polar surface area (TPSA) is 81.5 Å². The number of para-hydroxylation sites is 1. The molecule has 7 nitrogen and oxygen atoms in total. The van der Waals surface area contributed by atoms with E-state index in [9.17, 15) is 13.2 Å². The van der Waals surface area contributed by atoms with E-state index in [0.29, 0.717) is 5.56 Å². The van der Waals surface area contributed by atoms with E-state index < -0.39 is 21.7 Å². The Morgan fingerprint density at radius 3 is 2.48 bits per heavy atom. The molecule has 154 valence electrons. The maximum Gasteiger partial charge on any atom is 0.424 e. The third kappa shape index (κ3) is 4.76. The van der Waals surface area contributed by atoms with Crippen molar-refractivity contribution in [3.63, 3.8) is 0 Å². The molecule has 0 N–H and O–H groups in total. The van der Waals surface area contributed by atoms with Gasteiger partial charge >= 0.3 is 6.09 Å². The third-order valence-electron chi connectivity index (χ3n) is 4.37. The van der Waals surface area contributed by atoms with Gasteiger partial charge in [0.25, 0.3) is 0 Å². The number of pyridine rings is 1. The fraction of sp³-hybridized carbons (Fsp3) is 0.333. The third-order valence-corrected chi connectivity index (χ3v) is 5.44. The maximum atomic E-state index is 12.4. The zero-order valence-electron chi connectivity index (χ0n) is 17.2. The molecule has 0 atom stereocenters. The highest BCUT2D eigenvalue weighted by molar-refractivity contribution is 7.88. The summed E-state index contributed by atoms with van der Waals surface area (Å²) >= 11 is 0. The van der Waals surface area contributed by atoms with E-state index in [1.54, 1.807) is 33.2 Å². The maximum absolute atomic E-state index is 12.4. The van der Waals surface area contributed by atoms with Gasteiger partial charge in [-0.25, -0.2) is 17.5 Å². The van der Waals surface area contributed by atoms with Gasteiger partial charge in [0.05, 0.1) is 18.5 Å². The van der Waals surface area contributed by atoms with E-state index in [2.05, 4.69) is 15.6 Å². The molecule has 29 heavy (non-hydrogen) atoms. The summed E-state index contributed by atoms with van der Waals surface area (Å²) in [6.45, 7) is 4.91. The van der Waals surface area contributed by atoms with Gasteiger partial charge in [0.2, 0.25) is 10.0 Å². The summed E-state index contributed by atoms with van der Waals surface area (Å²) in [7, 11) is -1.85. The van der Waals surface area contributed by atoms with E-state index in [-0.39, 0.29) is 6.54 Å². The first-order chi connectivity index (χ1) is 13.5. The van der Waals surface area contributed by atoms with Crippen LogP contribution in [0.2, 0.25) is 0 Å². The first-order valence-corrected chi connectivity index (χ1v) is 11.0. The lowest BCUT2D eigenvalue weighted by atomic mass is 10.1. The molecular weight excluding hydrogens is 390 g/mol. The SMILES string of the molecule is Cn1c(-c2cncc(CN(C(=O)OC(C)(C)C)S(C)(=O)=O)c2)cc2ccccc21. The number of fused-ring (bicyclic) bond motifs is 1. The number of aryl methyl sites for hydroxylation is 1. The van der Waals surface area contributed by atoms with Crippen LogP contribution in [0.5, 0.6) is 0 Å². The van der Waals surface area contributed by atoms with Gasteiger partial charge in [0, 0.05) is 35.9 Å². The Hall–Kier alpha value is -2.87. The number of carbonyl (C=O) groups is 1. The smallest absolute Gasteiger partial charge is 0.424 e. The number of sulfonamides is 1. The molecule has 2 heterocycles. The van der Waals surface area contributed by atoms with Gasteiger partial charge in [-0.15, -0.1) is 0 Å². The zero-order valence-corrected chi connectivity index (χ0v) is 18.0. The van der Waals surface area contributed by atoms with Crippen LogP contribution in [0.4, 0.5) is 4.79 Å². The van der Waals surface area contributed by atoms with Crippen molar-refractivity contribution in [3.05, 3.63) is 54.4 Å². The van der Waals surface area contributed by atoms with Crippen LogP contribution in [0.25, 0.3) is 22.2 Å². The van der Waals surface area contributed by atoms with Gasteiger partial charge in [-0.05, 0) is 44.5 Å². The van der Waals surface area contributed by atoms with Gasteiger partial charge < -0.3 is 9.30 Å². The molecule has 1 amide bonds. The van der Waals surface area contributed by atoms with Crippen LogP contribution in [0.1, 0.15) is 26.3 Å². The average molecular weight is 416 g/mol. The second kappa shape index (κ2) is 7.51. The number of benzene rings is 1. The van der Waals surface area contributed by atoms with Crippen LogP contribution < -0.4 is 0 Å². The zero-order chi connectivity index (χ0) is 21.4. The summed E-state index contributed by atoms with van der Waals surface area (Å²) in [4.78, 5) is 16.7. The first-order valence-electron chi connectivity index (χ1n) is 9.15. The number of hydrogen-bond donors (Lipinski definition) is 0. The summed E-state index contributed by atoms with van der Waals surface area (Å²) in [5.74, 6) is 0. The number of aromatic nitrogens is 2. The van der Waals surface area contributed by atoms with Crippen molar-refractivity contribution in [2.24, 2.45) is 7.05 Å². The lowest BCUT2D eigenvalue weighted by Crippen LogP contribution is -2.39. The van der Waals surface area contributed by atoms with E-state index in [0.717, 1.165) is 32.7 Å². The van der Waals surface area contributed by atoms with E-state index in [4.69, 9.17) is 4.74 Å². The van der Waals surface area contributed by atoms with Crippen molar-refractivity contribution in [1.82, 2.24) is 13.9 Å². The molecule has 2 aromatic heterocycles. The molecule has 0 saturated heterocycles. The molecule has 0 bridgehead atoms. The molecule has 3 aromatic rings. The largest absolute Gasteiger partial charge is 0.443 e. The minimum atomic E-state index is -3.82. The monoisotopic (exact) mass is 415 g/mol. The average Bonchev–Trinajstić information content (AvgIpc) is 2.95. The highest BCUT2D eigenvalue weighted by Crippen LogP contribution is 2.27. The van der Waals surface area contributed by atoms with Crippen LogP contribution in [-0.4, -0.2) is 40.2 Å². The molecule has 8 heteroatoms. The predicted octanol–water partition coefficient (Wildman–Crippen LogP) is 3.94. The predicted molar refractivity (Wildman–Crippen MR) is 113 cm³/mol. The van der Waals surface area contributed by atoms with Crippen molar-refractivity contribution in [1.29, 1.82) is 0 Å². The Balaban J connectivity index is 1.95. The Kier molecular flexibility index (Phi) is 5.40. The Labute approximate surface area is 171 Å². The van der Waals surface area contributed by atoms with E-state index in [1.807, 2.05) is 37.4 Å². The molecule has 0 aliphatic heterocycles. The number of rotatable bonds is 4. The van der Waals surface area contributed by atoms with Gasteiger partial charge in [-0.2, -0.15) is 0 Å². The van der Waals surface area contributed by atoms with Gasteiger partial charge in [-0.1, -0.05) is 18.2 Å². The molecule has 3 rings (SSSR count). The molecule has 0 unspecified atom stereocenters. The number of nitrogens with zero attached hydrogens (tertiary/aromatic N) is 3. The fourth-order valence-corrected chi connectivity index (χ4v) is 3.77. The van der Waals surface area contributed by atoms with Crippen LogP contribution in [-0.2, 0) is 28.4 Å². The number of hydrogen-bond acceptors (Lipinski definition) is 5. The van der Waals surface area contributed by atoms with E-state index >= 15 is 0 Å². The molecule has 0 radical (unpaired) electrons. The molecule has 0 fully saturated rings. The Morgan fingerprint density at radius 1 is 1.17 bits per heavy atom. The standard InChI is InChI=1S/C21H25N3O4S/c1-21(2,3)28-20(25)24(29(5,26)27)14-15-10-17(13-22-12-15)19-11-16-8-6-7-9-18(16)23(19)4/h6-13H,14H2,1-5H3. The van der Waals surface area contributed by atoms with Gasteiger partial charge in [-0.3, -0.25) is 4.98 Å². The Bertz CT molecular complexity index is 1160. The molecule has 1 aromatic carbocycles. The van der Waals surface area contributed by atoms with Crippen molar-refractivity contribution < 1.29 is 17.9 Å². The summed E-state index contributed by atoms with van der Waals surface area (Å²) in [5.41, 5.74) is 2.65. The summed E-state index contributed by atoms with van der Waals surface area (Å²) in [6.07, 6.45) is 3.35. The fourth-order valence-electron chi connectivity index (χ4n) is 3.08. The van der Waals surface area contributed by atoms with Crippen molar-refractivity contribution in [3.8, 4) is 11.3 Å². The van der Waals surface area contributed by atoms with Crippen molar-refractivity contribution in [2.75, 3.05) is 6.26 Å². The van der Waals surface area contributed by atoms with Gasteiger partial charge in [0.15, 0.2) is 0 Å². The minimum absolute atomic E-state index is 0.154. The second-order valence-electron chi connectivity index (χ2n) is 7.98. The normalized spacial score (nSPS) is 12.2. The number of amides is 1. The van der Waals surface area contributed by atoms with Crippen LogP contribution in [0.3, 0.4) is 0 Å². The number of carbonyl (C=O) groups excluding carboxylic acids is 1. The molecular formula is C21H25N3O4S. The lowest BCUT2D eigenvalue weighted by molar-refractivity contribution is 0.0382. The second-order valence-corrected chi connectivity index (χ2v) is 9.89. The first kappa shape index (κ1) is 20.9. The summed E-state index contributed by atoms with van der Waals surface area (Å²) < 4.78 is 32.4. The number of ether oxygens (including phenoxy) is 1. The van der Waals surface area contributed by atoms with E-state index in [1.165, 1.54) is 0 Å². The van der Waals surface area contributed by atoms with Crippen LogP contribution in [0.15, 0.2) is 48.8 Å².